The molecule has 0 atom stereocenters. The molecule has 0 spiro atoms. The van der Waals surface area contributed by atoms with Crippen molar-refractivity contribution in [2.75, 3.05) is 6.61 Å². The van der Waals surface area contributed by atoms with Crippen LogP contribution in [0.2, 0.25) is 0 Å². The van der Waals surface area contributed by atoms with Gasteiger partial charge in [0.05, 0.1) is 6.61 Å². The number of carbonyl (C=O) groups is 2. The summed E-state index contributed by atoms with van der Waals surface area (Å²) in [5.41, 5.74) is 1.29. The van der Waals surface area contributed by atoms with Crippen LogP contribution in [-0.4, -0.2) is 23.5 Å². The van der Waals surface area contributed by atoms with Crippen molar-refractivity contribution in [3.05, 3.63) is 28.0 Å². The van der Waals surface area contributed by atoms with E-state index in [9.17, 15) is 9.59 Å². The first-order chi connectivity index (χ1) is 10.6. The Labute approximate surface area is 132 Å². The summed E-state index contributed by atoms with van der Waals surface area (Å²) >= 11 is 1.40. The van der Waals surface area contributed by atoms with Gasteiger partial charge >= 0.3 is 5.97 Å². The van der Waals surface area contributed by atoms with Crippen LogP contribution >= 0.6 is 11.3 Å². The summed E-state index contributed by atoms with van der Waals surface area (Å²) in [6.45, 7) is 3.32. The first-order valence-corrected chi connectivity index (χ1v) is 7.98. The second-order valence-electron chi connectivity index (χ2n) is 4.88. The molecule has 1 aromatic rings. The highest BCUT2D eigenvalue weighted by atomic mass is 32.1. The van der Waals surface area contributed by atoms with Crippen LogP contribution in [-0.2, 0) is 22.4 Å². The zero-order chi connectivity index (χ0) is 16.1. The fourth-order valence-electron chi connectivity index (χ4n) is 2.32. The average molecular weight is 322 g/mol. The van der Waals surface area contributed by atoms with Gasteiger partial charge in [-0.15, -0.1) is 21.6 Å². The van der Waals surface area contributed by atoms with Gasteiger partial charge in [0.15, 0.2) is 16.5 Å². The van der Waals surface area contributed by atoms with Crippen LogP contribution in [0.15, 0.2) is 22.2 Å². The quantitative estimate of drug-likeness (QED) is 0.386. The van der Waals surface area contributed by atoms with Gasteiger partial charge in [0.25, 0.3) is 0 Å². The molecule has 0 saturated heterocycles. The lowest BCUT2D eigenvalue weighted by molar-refractivity contribution is -0.113. The van der Waals surface area contributed by atoms with Gasteiger partial charge in [0, 0.05) is 11.8 Å². The average Bonchev–Trinajstić information content (AvgIpc) is 2.86. The number of fused-ring (bicyclic) bond motifs is 1. The van der Waals surface area contributed by atoms with Crippen molar-refractivity contribution >= 4 is 28.1 Å². The number of ether oxygens (including phenoxy) is 1. The zero-order valence-electron chi connectivity index (χ0n) is 12.6. The van der Waals surface area contributed by atoms with Gasteiger partial charge < -0.3 is 9.84 Å². The van der Waals surface area contributed by atoms with Crippen molar-refractivity contribution in [1.82, 2.24) is 0 Å². The van der Waals surface area contributed by atoms with E-state index in [1.54, 1.807) is 6.92 Å². The fraction of sp³-hybridized carbons (Fsp3) is 0.467. The molecule has 0 aliphatic heterocycles. The van der Waals surface area contributed by atoms with Crippen molar-refractivity contribution in [2.45, 2.75) is 39.5 Å². The summed E-state index contributed by atoms with van der Waals surface area (Å²) in [4.78, 5) is 24.6. The maximum absolute atomic E-state index is 12.2. The third-order valence-electron chi connectivity index (χ3n) is 3.36. The van der Waals surface area contributed by atoms with Crippen molar-refractivity contribution in [1.29, 1.82) is 0 Å². The minimum absolute atomic E-state index is 0.152. The summed E-state index contributed by atoms with van der Waals surface area (Å²) < 4.78 is 5.11. The van der Waals surface area contributed by atoms with Crippen molar-refractivity contribution in [3.63, 3.8) is 0 Å². The van der Waals surface area contributed by atoms with Gasteiger partial charge in [-0.25, -0.2) is 4.79 Å². The van der Waals surface area contributed by atoms with E-state index in [0.717, 1.165) is 36.1 Å². The summed E-state index contributed by atoms with van der Waals surface area (Å²) in [5.74, 6) is -0.807. The SMILES string of the molecule is CCOC(=O)c1c(N=N/C(=C/O)C(C)=O)sc2c1CCCC2. The second-order valence-corrected chi connectivity index (χ2v) is 5.97. The van der Waals surface area contributed by atoms with Crippen LogP contribution in [0.4, 0.5) is 5.00 Å². The van der Waals surface area contributed by atoms with Crippen LogP contribution < -0.4 is 0 Å². The number of hydrogen-bond acceptors (Lipinski definition) is 7. The number of rotatable bonds is 5. The normalized spacial score (nSPS) is 14.9. The predicted octanol–water partition coefficient (Wildman–Crippen LogP) is 3.88. The highest BCUT2D eigenvalue weighted by molar-refractivity contribution is 7.16. The summed E-state index contributed by atoms with van der Waals surface area (Å²) in [6.07, 6.45) is 4.47. The number of aliphatic hydroxyl groups is 1. The number of nitrogens with zero attached hydrogens (tertiary/aromatic N) is 2. The molecule has 0 aromatic carbocycles. The second kappa shape index (κ2) is 7.31. The Balaban J connectivity index is 2.42. The molecule has 0 unspecified atom stereocenters. The van der Waals surface area contributed by atoms with Crippen LogP contribution in [0.1, 0.15) is 47.5 Å². The van der Waals surface area contributed by atoms with Gasteiger partial charge in [0.2, 0.25) is 0 Å². The Kier molecular flexibility index (Phi) is 5.43. The number of esters is 1. The molecule has 6 nitrogen and oxygen atoms in total. The van der Waals surface area contributed by atoms with E-state index in [0.29, 0.717) is 16.8 Å². The van der Waals surface area contributed by atoms with E-state index < -0.39 is 11.8 Å². The Hall–Kier alpha value is -2.02. The Morgan fingerprint density at radius 3 is 2.73 bits per heavy atom. The third-order valence-corrected chi connectivity index (χ3v) is 4.54. The monoisotopic (exact) mass is 322 g/mol. The smallest absolute Gasteiger partial charge is 0.341 e. The van der Waals surface area contributed by atoms with E-state index in [1.807, 2.05) is 0 Å². The maximum Gasteiger partial charge on any atom is 0.341 e. The number of azo groups is 1. The topological polar surface area (TPSA) is 88.3 Å². The van der Waals surface area contributed by atoms with Crippen LogP contribution in [0.5, 0.6) is 0 Å². The maximum atomic E-state index is 12.2. The first-order valence-electron chi connectivity index (χ1n) is 7.17. The number of ketones is 1. The van der Waals surface area contributed by atoms with Gasteiger partial charge in [-0.05, 0) is 38.2 Å². The highest BCUT2D eigenvalue weighted by Crippen LogP contribution is 2.40. The Morgan fingerprint density at radius 1 is 1.36 bits per heavy atom. The Bertz CT molecular complexity index is 646. The molecular formula is C15H18N2O4S. The van der Waals surface area contributed by atoms with Gasteiger partial charge in [-0.2, -0.15) is 0 Å². The van der Waals surface area contributed by atoms with E-state index in [1.165, 1.54) is 18.3 Å². The fourth-order valence-corrected chi connectivity index (χ4v) is 3.52. The molecule has 1 heterocycles. The molecule has 22 heavy (non-hydrogen) atoms. The van der Waals surface area contributed by atoms with Crippen LogP contribution in [0, 0.1) is 0 Å². The molecule has 0 saturated carbocycles. The molecule has 2 rings (SSSR count). The standard InChI is InChI=1S/C15H18N2O4S/c1-3-21-15(20)13-10-6-4-5-7-12(10)22-14(13)17-16-11(8-18)9(2)19/h8,18H,3-7H2,1-2H3/b11-8+,17-16?. The van der Waals surface area contributed by atoms with Crippen molar-refractivity contribution in [2.24, 2.45) is 10.2 Å². The van der Waals surface area contributed by atoms with Gasteiger partial charge in [-0.3, -0.25) is 4.79 Å². The number of aryl methyl sites for hydroxylation is 1. The highest BCUT2D eigenvalue weighted by Gasteiger charge is 2.26. The number of carbonyl (C=O) groups excluding carboxylic acids is 2. The van der Waals surface area contributed by atoms with E-state index >= 15 is 0 Å². The van der Waals surface area contributed by atoms with E-state index in [-0.39, 0.29) is 12.3 Å². The molecular weight excluding hydrogens is 304 g/mol. The van der Waals surface area contributed by atoms with E-state index in [2.05, 4.69) is 10.2 Å². The third kappa shape index (κ3) is 3.41. The lowest BCUT2D eigenvalue weighted by atomic mass is 9.95. The largest absolute Gasteiger partial charge is 0.513 e. The van der Waals surface area contributed by atoms with Crippen LogP contribution in [0.25, 0.3) is 0 Å². The van der Waals surface area contributed by atoms with Gasteiger partial charge in [0.1, 0.15) is 11.8 Å². The zero-order valence-corrected chi connectivity index (χ0v) is 13.4. The molecule has 0 radical (unpaired) electrons. The summed E-state index contributed by atoms with van der Waals surface area (Å²) in [6, 6.07) is 0. The van der Waals surface area contributed by atoms with Crippen LogP contribution in [0.3, 0.4) is 0 Å². The van der Waals surface area contributed by atoms with Gasteiger partial charge in [-0.1, -0.05) is 0 Å². The molecule has 1 aliphatic rings. The van der Waals surface area contributed by atoms with E-state index in [4.69, 9.17) is 9.84 Å². The number of aliphatic hydroxyl groups excluding tert-OH is 1. The molecule has 1 aromatic heterocycles. The number of Topliss-reactive ketones (excluding diaryl/α,β-unsaturated/α-hetero) is 1. The molecule has 118 valence electrons. The number of allylic oxidation sites excluding steroid dienone is 1. The Morgan fingerprint density at radius 2 is 2.09 bits per heavy atom. The first kappa shape index (κ1) is 16.4. The molecule has 0 bridgehead atoms. The predicted molar refractivity (Wildman–Crippen MR) is 82.8 cm³/mol. The molecule has 1 aliphatic carbocycles. The van der Waals surface area contributed by atoms with Crippen molar-refractivity contribution in [3.8, 4) is 0 Å². The lowest BCUT2D eigenvalue weighted by Gasteiger charge is -2.11. The van der Waals surface area contributed by atoms with Crippen molar-refractivity contribution < 1.29 is 19.4 Å². The molecule has 0 amide bonds. The summed E-state index contributed by atoms with van der Waals surface area (Å²) in [7, 11) is 0. The number of thiophene rings is 1. The molecule has 0 fully saturated rings. The summed E-state index contributed by atoms with van der Waals surface area (Å²) in [5, 5.41) is 17.2. The minimum Gasteiger partial charge on any atom is -0.513 e. The lowest BCUT2D eigenvalue weighted by Crippen LogP contribution is -2.09. The molecule has 7 heteroatoms. The number of hydrogen-bond donors (Lipinski definition) is 1. The minimum atomic E-state index is -0.409. The molecule has 1 N–H and O–H groups in total.